The van der Waals surface area contributed by atoms with Gasteiger partial charge in [0.25, 0.3) is 5.91 Å². The molecule has 1 aromatic rings. The van der Waals surface area contributed by atoms with Crippen LogP contribution in [0.2, 0.25) is 0 Å². The number of hydrogen-bond donors (Lipinski definition) is 2. The number of hydrogen-bond acceptors (Lipinski definition) is 4. The minimum absolute atomic E-state index is 0.0591. The molecule has 0 aliphatic rings. The van der Waals surface area contributed by atoms with Crippen molar-refractivity contribution in [1.82, 2.24) is 10.6 Å². The van der Waals surface area contributed by atoms with E-state index in [0.29, 0.717) is 0 Å². The van der Waals surface area contributed by atoms with Crippen molar-refractivity contribution in [3.63, 3.8) is 0 Å². The fraction of sp³-hybridized carbons (Fsp3) is 0.333. The third-order valence-corrected chi connectivity index (χ3v) is 2.27. The van der Waals surface area contributed by atoms with Crippen molar-refractivity contribution in [2.24, 2.45) is 0 Å². The molecule has 0 atom stereocenters. The molecule has 0 aromatic heterocycles. The van der Waals surface area contributed by atoms with Crippen molar-refractivity contribution in [3.8, 4) is 0 Å². The molecule has 0 spiro atoms. The molecule has 0 unspecified atom stereocenters. The van der Waals surface area contributed by atoms with Crippen LogP contribution in [-0.2, 0) is 4.79 Å². The molecule has 1 rings (SSSR count). The van der Waals surface area contributed by atoms with Gasteiger partial charge in [-0.2, -0.15) is 4.39 Å². The Morgan fingerprint density at radius 1 is 1.40 bits per heavy atom. The first-order chi connectivity index (χ1) is 9.31. The van der Waals surface area contributed by atoms with E-state index < -0.39 is 22.3 Å². The lowest BCUT2D eigenvalue weighted by molar-refractivity contribution is -0.387. The number of rotatable bonds is 5. The van der Waals surface area contributed by atoms with Gasteiger partial charge in [0, 0.05) is 17.7 Å². The maximum absolute atomic E-state index is 13.3. The molecule has 0 bridgehead atoms. The van der Waals surface area contributed by atoms with Crippen molar-refractivity contribution < 1.29 is 18.9 Å². The zero-order chi connectivity index (χ0) is 15.3. The van der Waals surface area contributed by atoms with Crippen molar-refractivity contribution in [2.45, 2.75) is 19.9 Å². The zero-order valence-corrected chi connectivity index (χ0v) is 11.0. The maximum atomic E-state index is 13.3. The summed E-state index contributed by atoms with van der Waals surface area (Å²) in [4.78, 5) is 32.5. The van der Waals surface area contributed by atoms with E-state index in [9.17, 15) is 24.1 Å². The van der Waals surface area contributed by atoms with Crippen LogP contribution >= 0.6 is 0 Å². The largest absolute Gasteiger partial charge is 0.352 e. The van der Waals surface area contributed by atoms with Crippen LogP contribution in [-0.4, -0.2) is 29.3 Å². The Hall–Kier alpha value is -2.51. The Labute approximate surface area is 114 Å². The van der Waals surface area contributed by atoms with Crippen LogP contribution in [0, 0.1) is 15.9 Å². The van der Waals surface area contributed by atoms with Gasteiger partial charge < -0.3 is 10.6 Å². The molecule has 0 radical (unpaired) electrons. The van der Waals surface area contributed by atoms with E-state index in [4.69, 9.17) is 0 Å². The minimum atomic E-state index is -1.10. The van der Waals surface area contributed by atoms with Gasteiger partial charge in [0.1, 0.15) is 0 Å². The predicted octanol–water partition coefficient (Wildman–Crippen LogP) is 0.988. The second-order valence-electron chi connectivity index (χ2n) is 4.33. The molecule has 0 saturated carbocycles. The van der Waals surface area contributed by atoms with E-state index in [1.54, 1.807) is 13.8 Å². The molecular formula is C12H14FN3O4. The molecule has 0 heterocycles. The van der Waals surface area contributed by atoms with Crippen molar-refractivity contribution in [3.05, 3.63) is 39.7 Å². The topological polar surface area (TPSA) is 101 Å². The number of nitrogens with zero attached hydrogens (tertiary/aromatic N) is 1. The highest BCUT2D eigenvalue weighted by atomic mass is 19.1. The van der Waals surface area contributed by atoms with Gasteiger partial charge in [-0.3, -0.25) is 19.7 Å². The van der Waals surface area contributed by atoms with Gasteiger partial charge in [-0.25, -0.2) is 0 Å². The summed E-state index contributed by atoms with van der Waals surface area (Å²) in [6.07, 6.45) is 0. The van der Waals surface area contributed by atoms with E-state index >= 15 is 0 Å². The third-order valence-electron chi connectivity index (χ3n) is 2.27. The molecule has 2 amide bonds. The lowest BCUT2D eigenvalue weighted by atomic mass is 10.2. The summed E-state index contributed by atoms with van der Waals surface area (Å²) < 4.78 is 13.3. The molecule has 20 heavy (non-hydrogen) atoms. The predicted molar refractivity (Wildman–Crippen MR) is 68.7 cm³/mol. The summed E-state index contributed by atoms with van der Waals surface area (Å²) in [5.41, 5.74) is -0.801. The van der Waals surface area contributed by atoms with E-state index in [2.05, 4.69) is 10.6 Å². The number of benzene rings is 1. The average molecular weight is 283 g/mol. The molecule has 0 aliphatic heterocycles. The monoisotopic (exact) mass is 283 g/mol. The Bertz CT molecular complexity index is 546. The van der Waals surface area contributed by atoms with Crippen LogP contribution in [0.1, 0.15) is 24.2 Å². The summed E-state index contributed by atoms with van der Waals surface area (Å²) in [6, 6.07) is 2.72. The van der Waals surface area contributed by atoms with E-state index in [-0.39, 0.29) is 24.1 Å². The maximum Gasteiger partial charge on any atom is 0.304 e. The van der Waals surface area contributed by atoms with E-state index in [1.165, 1.54) is 0 Å². The molecule has 2 N–H and O–H groups in total. The molecule has 0 fully saturated rings. The first kappa shape index (κ1) is 15.5. The van der Waals surface area contributed by atoms with Crippen molar-refractivity contribution >= 4 is 17.5 Å². The van der Waals surface area contributed by atoms with Crippen LogP contribution in [0.5, 0.6) is 0 Å². The van der Waals surface area contributed by atoms with Gasteiger partial charge in [0.05, 0.1) is 11.5 Å². The smallest absolute Gasteiger partial charge is 0.304 e. The standard InChI is InChI=1S/C12H14FN3O4/c1-7(2)15-11(17)6-14-12(18)8-3-4-10(16(19)20)9(13)5-8/h3-5,7H,6H2,1-2H3,(H,14,18)(H,15,17). The van der Waals surface area contributed by atoms with Gasteiger partial charge >= 0.3 is 5.69 Å². The SMILES string of the molecule is CC(C)NC(=O)CNC(=O)c1ccc([N+](=O)[O-])c(F)c1. The fourth-order valence-electron chi connectivity index (χ4n) is 1.43. The molecule has 0 saturated heterocycles. The fourth-order valence-corrected chi connectivity index (χ4v) is 1.43. The first-order valence-corrected chi connectivity index (χ1v) is 5.82. The average Bonchev–Trinajstić information content (AvgIpc) is 2.34. The lowest BCUT2D eigenvalue weighted by Gasteiger charge is -2.09. The highest BCUT2D eigenvalue weighted by molar-refractivity contribution is 5.96. The van der Waals surface area contributed by atoms with Crippen LogP contribution < -0.4 is 10.6 Å². The number of carbonyl (C=O) groups is 2. The summed E-state index contributed by atoms with van der Waals surface area (Å²) in [5, 5.41) is 15.3. The summed E-state index contributed by atoms with van der Waals surface area (Å²) in [6.45, 7) is 3.28. The van der Waals surface area contributed by atoms with Crippen LogP contribution in [0.4, 0.5) is 10.1 Å². The molecule has 1 aromatic carbocycles. The normalized spacial score (nSPS) is 10.2. The van der Waals surface area contributed by atoms with Gasteiger partial charge in [-0.05, 0) is 26.0 Å². The van der Waals surface area contributed by atoms with Crippen LogP contribution in [0.15, 0.2) is 18.2 Å². The third kappa shape index (κ3) is 4.30. The van der Waals surface area contributed by atoms with Crippen molar-refractivity contribution in [1.29, 1.82) is 0 Å². The molecule has 108 valence electrons. The summed E-state index contributed by atoms with van der Waals surface area (Å²) in [5.74, 6) is -2.16. The Morgan fingerprint density at radius 3 is 2.55 bits per heavy atom. The number of halogens is 1. The van der Waals surface area contributed by atoms with Gasteiger partial charge in [0.15, 0.2) is 0 Å². The quantitative estimate of drug-likeness (QED) is 0.621. The van der Waals surface area contributed by atoms with Gasteiger partial charge in [0.2, 0.25) is 11.7 Å². The molecule has 0 aliphatic carbocycles. The zero-order valence-electron chi connectivity index (χ0n) is 11.0. The van der Waals surface area contributed by atoms with Gasteiger partial charge in [-0.15, -0.1) is 0 Å². The van der Waals surface area contributed by atoms with E-state index in [1.807, 2.05) is 0 Å². The number of nitro benzene ring substituents is 1. The molecular weight excluding hydrogens is 269 g/mol. The highest BCUT2D eigenvalue weighted by Gasteiger charge is 2.17. The number of carbonyl (C=O) groups excluding carboxylic acids is 2. The number of nitrogens with one attached hydrogen (secondary N) is 2. The number of nitro groups is 1. The van der Waals surface area contributed by atoms with Gasteiger partial charge in [-0.1, -0.05) is 0 Å². The van der Waals surface area contributed by atoms with Crippen LogP contribution in [0.3, 0.4) is 0 Å². The molecule has 7 nitrogen and oxygen atoms in total. The highest BCUT2D eigenvalue weighted by Crippen LogP contribution is 2.17. The summed E-state index contributed by atoms with van der Waals surface area (Å²) >= 11 is 0. The Balaban J connectivity index is 2.67. The Kier molecular flexibility index (Phi) is 5.13. The second kappa shape index (κ2) is 6.60. The first-order valence-electron chi connectivity index (χ1n) is 5.82. The second-order valence-corrected chi connectivity index (χ2v) is 4.33. The summed E-state index contributed by atoms with van der Waals surface area (Å²) in [7, 11) is 0. The number of amides is 2. The van der Waals surface area contributed by atoms with Crippen LogP contribution in [0.25, 0.3) is 0 Å². The molecule has 8 heteroatoms. The van der Waals surface area contributed by atoms with Crippen molar-refractivity contribution in [2.75, 3.05) is 6.54 Å². The Morgan fingerprint density at radius 2 is 2.05 bits per heavy atom. The van der Waals surface area contributed by atoms with E-state index in [0.717, 1.165) is 18.2 Å². The lowest BCUT2D eigenvalue weighted by Crippen LogP contribution is -2.39. The minimum Gasteiger partial charge on any atom is -0.352 e.